The summed E-state index contributed by atoms with van der Waals surface area (Å²) in [5, 5.41) is 8.70. The number of nitrogens with zero attached hydrogens (tertiary/aromatic N) is 3. The predicted molar refractivity (Wildman–Crippen MR) is 189 cm³/mol. The van der Waals surface area contributed by atoms with Crippen molar-refractivity contribution >= 4 is 11.4 Å². The highest BCUT2D eigenvalue weighted by atomic mass is 16.5. The monoisotopic (exact) mass is 676 g/mol. The lowest BCUT2D eigenvalue weighted by molar-refractivity contribution is -0.929. The smallest absolute Gasteiger partial charge is 0.119 e. The number of unbranched alkanes of at least 4 members (excludes halogenated alkanes) is 4. The minimum atomic E-state index is 0.599. The van der Waals surface area contributed by atoms with E-state index in [4.69, 9.17) is 37.9 Å². The van der Waals surface area contributed by atoms with Crippen LogP contribution < -0.4 is 9.47 Å². The Bertz CT molecular complexity index is 1000. The van der Waals surface area contributed by atoms with Gasteiger partial charge in [0.05, 0.1) is 90.6 Å². The molecule has 48 heavy (non-hydrogen) atoms. The lowest BCUT2D eigenvalue weighted by Gasteiger charge is -2.39. The maximum absolute atomic E-state index is 6.01. The first-order valence-electron chi connectivity index (χ1n) is 17.6. The molecule has 0 atom stereocenters. The fraction of sp³-hybridized carbons (Fsp3) is 0.676. The molecular formula is C37H62N3O8+. The van der Waals surface area contributed by atoms with Gasteiger partial charge in [-0.15, -0.1) is 0 Å². The van der Waals surface area contributed by atoms with Crippen LogP contribution in [0.1, 0.15) is 45.4 Å². The second-order valence-electron chi connectivity index (χ2n) is 11.7. The number of quaternary nitrogens is 1. The second-order valence-corrected chi connectivity index (χ2v) is 11.7. The first-order chi connectivity index (χ1) is 23.6. The quantitative estimate of drug-likeness (QED) is 0.0463. The van der Waals surface area contributed by atoms with Crippen LogP contribution >= 0.6 is 0 Å². The minimum Gasteiger partial charge on any atom is -0.494 e. The van der Waals surface area contributed by atoms with E-state index in [1.165, 1.54) is 0 Å². The Morgan fingerprint density at radius 3 is 1.27 bits per heavy atom. The van der Waals surface area contributed by atoms with E-state index in [0.717, 1.165) is 98.7 Å². The van der Waals surface area contributed by atoms with Crippen molar-refractivity contribution in [3.8, 4) is 11.5 Å². The molecule has 0 N–H and O–H groups in total. The summed E-state index contributed by atoms with van der Waals surface area (Å²) in [4.78, 5) is 0. The van der Waals surface area contributed by atoms with Crippen LogP contribution in [0.4, 0.5) is 11.4 Å². The van der Waals surface area contributed by atoms with Gasteiger partial charge in [-0.25, -0.2) is 0 Å². The van der Waals surface area contributed by atoms with Crippen molar-refractivity contribution in [2.24, 2.45) is 10.2 Å². The molecule has 0 spiro atoms. The molecule has 2 rings (SSSR count). The van der Waals surface area contributed by atoms with Gasteiger partial charge >= 0.3 is 0 Å². The molecule has 11 heteroatoms. The van der Waals surface area contributed by atoms with Crippen LogP contribution in [-0.4, -0.2) is 125 Å². The molecule has 0 amide bonds. The number of rotatable bonds is 32. The topological polar surface area (TPSA) is 98.6 Å². The van der Waals surface area contributed by atoms with E-state index in [9.17, 15) is 0 Å². The summed E-state index contributed by atoms with van der Waals surface area (Å²) in [5.74, 6) is 1.70. The SMILES string of the molecule is CCCCOc1ccc(N=Nc2ccc(OCCCCCC[N+](CCOCCOC)(CCOCCOC)CCOCCOC)cc2)cc1. The van der Waals surface area contributed by atoms with Crippen molar-refractivity contribution in [3.63, 3.8) is 0 Å². The van der Waals surface area contributed by atoms with Crippen molar-refractivity contribution in [2.45, 2.75) is 45.4 Å². The van der Waals surface area contributed by atoms with E-state index in [0.29, 0.717) is 66.1 Å². The molecule has 0 aliphatic heterocycles. The zero-order chi connectivity index (χ0) is 34.4. The summed E-state index contributed by atoms with van der Waals surface area (Å²) in [5.41, 5.74) is 1.57. The molecule has 2 aromatic carbocycles. The van der Waals surface area contributed by atoms with Gasteiger partial charge in [0.15, 0.2) is 0 Å². The lowest BCUT2D eigenvalue weighted by atomic mass is 10.1. The Labute approximate surface area is 289 Å². The Balaban J connectivity index is 1.77. The highest BCUT2D eigenvalue weighted by Crippen LogP contribution is 2.23. The van der Waals surface area contributed by atoms with Crippen LogP contribution in [0.2, 0.25) is 0 Å². The van der Waals surface area contributed by atoms with Crippen molar-refractivity contribution in [3.05, 3.63) is 48.5 Å². The van der Waals surface area contributed by atoms with Gasteiger partial charge in [-0.2, -0.15) is 10.2 Å². The van der Waals surface area contributed by atoms with Crippen molar-refractivity contribution in [1.29, 1.82) is 0 Å². The van der Waals surface area contributed by atoms with E-state index in [1.807, 2.05) is 48.5 Å². The third-order valence-corrected chi connectivity index (χ3v) is 7.94. The highest BCUT2D eigenvalue weighted by Gasteiger charge is 2.27. The zero-order valence-corrected chi connectivity index (χ0v) is 30.1. The number of hydrogen-bond donors (Lipinski definition) is 0. The van der Waals surface area contributed by atoms with Crippen molar-refractivity contribution < 1.29 is 42.4 Å². The van der Waals surface area contributed by atoms with Gasteiger partial charge in [0.2, 0.25) is 0 Å². The molecule has 2 aromatic rings. The van der Waals surface area contributed by atoms with Crippen molar-refractivity contribution in [1.82, 2.24) is 0 Å². The molecule has 0 aliphatic carbocycles. The Kier molecular flexibility index (Phi) is 24.4. The average molecular weight is 677 g/mol. The summed E-state index contributed by atoms with van der Waals surface area (Å²) in [6, 6.07) is 15.4. The standard InChI is InChI=1S/C37H62N3O8/c1-5-6-23-47-36-15-11-34(12-16-36)38-39-35-13-17-37(18-14-35)48-24-10-8-7-9-19-40(20-25-44-31-28-41-2,21-26-45-32-29-42-3)22-27-46-33-30-43-4/h11-18H,5-10,19-33H2,1-4H3/q+1. The maximum atomic E-state index is 6.01. The van der Waals surface area contributed by atoms with Gasteiger partial charge in [0.1, 0.15) is 31.1 Å². The highest BCUT2D eigenvalue weighted by molar-refractivity contribution is 5.44. The molecule has 0 aromatic heterocycles. The normalized spacial score (nSPS) is 11.8. The summed E-state index contributed by atoms with van der Waals surface area (Å²) in [6.07, 6.45) is 6.52. The molecule has 272 valence electrons. The van der Waals surface area contributed by atoms with Crippen molar-refractivity contribution in [2.75, 3.05) is 120 Å². The van der Waals surface area contributed by atoms with Gasteiger partial charge in [0, 0.05) is 21.3 Å². The predicted octanol–water partition coefficient (Wildman–Crippen LogP) is 7.03. The number of benzene rings is 2. The van der Waals surface area contributed by atoms with Crippen LogP contribution in [0.3, 0.4) is 0 Å². The van der Waals surface area contributed by atoms with Crippen LogP contribution in [-0.2, 0) is 28.4 Å². The molecule has 0 saturated carbocycles. The second kappa shape index (κ2) is 28.2. The minimum absolute atomic E-state index is 0.599. The zero-order valence-electron chi connectivity index (χ0n) is 30.1. The van der Waals surface area contributed by atoms with Crippen LogP contribution in [0.5, 0.6) is 11.5 Å². The molecule has 0 unspecified atom stereocenters. The van der Waals surface area contributed by atoms with Crippen LogP contribution in [0.25, 0.3) is 0 Å². The van der Waals surface area contributed by atoms with Gasteiger partial charge < -0.3 is 42.4 Å². The Morgan fingerprint density at radius 1 is 0.438 bits per heavy atom. The fourth-order valence-electron chi connectivity index (χ4n) is 4.94. The third kappa shape index (κ3) is 20.0. The van der Waals surface area contributed by atoms with Gasteiger partial charge in [-0.3, -0.25) is 0 Å². The van der Waals surface area contributed by atoms with Gasteiger partial charge in [-0.1, -0.05) is 13.3 Å². The molecule has 0 bridgehead atoms. The molecule has 0 heterocycles. The fourth-order valence-corrected chi connectivity index (χ4v) is 4.94. The van der Waals surface area contributed by atoms with E-state index in [2.05, 4.69) is 17.2 Å². The third-order valence-electron chi connectivity index (χ3n) is 7.94. The van der Waals surface area contributed by atoms with Gasteiger partial charge in [0.25, 0.3) is 0 Å². The summed E-state index contributed by atoms with van der Waals surface area (Å²) in [6.45, 7) is 13.0. The number of methoxy groups -OCH3 is 3. The number of hydrogen-bond acceptors (Lipinski definition) is 10. The summed E-state index contributed by atoms with van der Waals surface area (Å²) < 4.78 is 45.7. The molecule has 11 nitrogen and oxygen atoms in total. The van der Waals surface area contributed by atoms with E-state index in [-0.39, 0.29) is 0 Å². The molecular weight excluding hydrogens is 614 g/mol. The Hall–Kier alpha value is -2.64. The summed E-state index contributed by atoms with van der Waals surface area (Å²) in [7, 11) is 5.08. The maximum Gasteiger partial charge on any atom is 0.119 e. The van der Waals surface area contributed by atoms with Crippen LogP contribution in [0, 0.1) is 0 Å². The first-order valence-corrected chi connectivity index (χ1v) is 17.6. The Morgan fingerprint density at radius 2 is 0.854 bits per heavy atom. The molecule has 0 radical (unpaired) electrons. The lowest BCUT2D eigenvalue weighted by Crippen LogP contribution is -2.54. The molecule has 0 aliphatic rings. The average Bonchev–Trinajstić information content (AvgIpc) is 3.11. The van der Waals surface area contributed by atoms with E-state index in [1.54, 1.807) is 21.3 Å². The largest absolute Gasteiger partial charge is 0.494 e. The van der Waals surface area contributed by atoms with Gasteiger partial charge in [-0.05, 0) is 80.6 Å². The number of ether oxygens (including phenoxy) is 8. The first kappa shape index (κ1) is 41.5. The van der Waals surface area contributed by atoms with E-state index >= 15 is 0 Å². The number of azo groups is 1. The summed E-state index contributed by atoms with van der Waals surface area (Å²) >= 11 is 0. The molecule has 0 fully saturated rings. The van der Waals surface area contributed by atoms with Crippen LogP contribution in [0.15, 0.2) is 58.8 Å². The van der Waals surface area contributed by atoms with E-state index < -0.39 is 0 Å². The molecule has 0 saturated heterocycles.